The van der Waals surface area contributed by atoms with E-state index in [1.54, 1.807) is 25.3 Å². The molecule has 2 N–H and O–H groups in total. The number of hydrogen-bond donors (Lipinski definition) is 2. The Morgan fingerprint density at radius 1 is 1.16 bits per heavy atom. The predicted molar refractivity (Wildman–Crippen MR) is 116 cm³/mol. The summed E-state index contributed by atoms with van der Waals surface area (Å²) in [5.74, 6) is 1.53. The van der Waals surface area contributed by atoms with Crippen LogP contribution in [0.1, 0.15) is 5.82 Å². The Bertz CT molecular complexity index is 1140. The van der Waals surface area contributed by atoms with Crippen molar-refractivity contribution in [2.45, 2.75) is 18.2 Å². The number of nitrogens with one attached hydrogen (secondary N) is 2. The van der Waals surface area contributed by atoms with Crippen molar-refractivity contribution in [1.82, 2.24) is 25.6 Å². The van der Waals surface area contributed by atoms with Gasteiger partial charge in [-0.3, -0.25) is 25.0 Å². The van der Waals surface area contributed by atoms with Gasteiger partial charge in [-0.2, -0.15) is 0 Å². The zero-order valence-corrected chi connectivity index (χ0v) is 18.2. The first kappa shape index (κ1) is 21.5. The number of methoxy groups -OCH3 is 1. The first-order chi connectivity index (χ1) is 15.5. The van der Waals surface area contributed by atoms with E-state index in [-0.39, 0.29) is 12.4 Å². The van der Waals surface area contributed by atoms with Crippen LogP contribution in [0.15, 0.2) is 53.7 Å². The molecular weight excluding hydrogens is 434 g/mol. The van der Waals surface area contributed by atoms with Gasteiger partial charge < -0.3 is 14.2 Å². The van der Waals surface area contributed by atoms with Gasteiger partial charge in [0, 0.05) is 6.07 Å². The van der Waals surface area contributed by atoms with Crippen LogP contribution in [0, 0.1) is 6.92 Å². The lowest BCUT2D eigenvalue weighted by Crippen LogP contribution is -2.51. The van der Waals surface area contributed by atoms with Crippen molar-refractivity contribution >= 4 is 23.6 Å². The standard InChI is InChI=1S/C21H21N5O5S/c1-13-22-25-21(26(13)14-6-5-7-15(10-14)29-2)32-12-19(27)23-24-20(28)18-11-30-16-8-3-4-9-17(16)31-18/h3-10,18H,11-12H2,1-2H3,(H,23,27)(H,24,28)/t18-/m1/s1. The van der Waals surface area contributed by atoms with Crippen LogP contribution in [-0.4, -0.2) is 52.2 Å². The fourth-order valence-corrected chi connectivity index (χ4v) is 3.81. The van der Waals surface area contributed by atoms with Gasteiger partial charge in [0.25, 0.3) is 5.91 Å². The normalized spacial score (nSPS) is 14.5. The number of ether oxygens (including phenoxy) is 3. The first-order valence-electron chi connectivity index (χ1n) is 9.71. The summed E-state index contributed by atoms with van der Waals surface area (Å²) >= 11 is 1.19. The maximum absolute atomic E-state index is 12.3. The van der Waals surface area contributed by atoms with E-state index in [1.807, 2.05) is 41.8 Å². The minimum absolute atomic E-state index is 0.0211. The number of amides is 2. The van der Waals surface area contributed by atoms with Crippen LogP contribution in [-0.2, 0) is 9.59 Å². The first-order valence-corrected chi connectivity index (χ1v) is 10.7. The van der Waals surface area contributed by atoms with Crippen LogP contribution < -0.4 is 25.1 Å². The minimum atomic E-state index is -0.864. The Balaban J connectivity index is 1.31. The second kappa shape index (κ2) is 9.60. The van der Waals surface area contributed by atoms with E-state index in [0.29, 0.717) is 28.2 Å². The molecule has 0 saturated heterocycles. The Labute approximate surface area is 188 Å². The number of hydrogen-bond acceptors (Lipinski definition) is 8. The number of aromatic nitrogens is 3. The lowest BCUT2D eigenvalue weighted by Gasteiger charge is -2.25. The third-order valence-electron chi connectivity index (χ3n) is 4.57. The van der Waals surface area contributed by atoms with Crippen molar-refractivity contribution in [2.24, 2.45) is 0 Å². The van der Waals surface area contributed by atoms with E-state index in [2.05, 4.69) is 21.0 Å². The van der Waals surface area contributed by atoms with Crippen LogP contribution in [0.3, 0.4) is 0 Å². The number of nitrogens with zero attached hydrogens (tertiary/aromatic N) is 3. The molecule has 2 amide bonds. The molecule has 166 valence electrons. The number of fused-ring (bicyclic) bond motifs is 1. The molecule has 0 aliphatic carbocycles. The third kappa shape index (κ3) is 4.78. The smallest absolute Gasteiger partial charge is 0.283 e. The Kier molecular flexibility index (Phi) is 6.45. The highest BCUT2D eigenvalue weighted by Crippen LogP contribution is 2.30. The Morgan fingerprint density at radius 2 is 1.97 bits per heavy atom. The Hall–Kier alpha value is -3.73. The maximum Gasteiger partial charge on any atom is 0.283 e. The SMILES string of the molecule is COc1cccc(-n2c(C)nnc2SCC(=O)NNC(=O)[C@H]2COc3ccccc3O2)c1. The van der Waals surface area contributed by atoms with Gasteiger partial charge in [-0.25, -0.2) is 0 Å². The topological polar surface area (TPSA) is 117 Å². The highest BCUT2D eigenvalue weighted by molar-refractivity contribution is 7.99. The highest BCUT2D eigenvalue weighted by Gasteiger charge is 2.27. The van der Waals surface area contributed by atoms with Gasteiger partial charge in [0.15, 0.2) is 16.7 Å². The molecule has 32 heavy (non-hydrogen) atoms. The fraction of sp³-hybridized carbons (Fsp3) is 0.238. The average Bonchev–Trinajstić information content (AvgIpc) is 3.21. The fourth-order valence-electron chi connectivity index (χ4n) is 3.01. The summed E-state index contributed by atoms with van der Waals surface area (Å²) in [6.45, 7) is 1.87. The van der Waals surface area contributed by atoms with Crippen molar-refractivity contribution in [3.63, 3.8) is 0 Å². The Morgan fingerprint density at radius 3 is 2.78 bits per heavy atom. The highest BCUT2D eigenvalue weighted by atomic mass is 32.2. The molecular formula is C21H21N5O5S. The molecule has 1 aromatic heterocycles. The molecule has 0 bridgehead atoms. The summed E-state index contributed by atoms with van der Waals surface area (Å²) in [7, 11) is 1.59. The molecule has 0 fully saturated rings. The molecule has 0 spiro atoms. The van der Waals surface area contributed by atoms with Gasteiger partial charge in [-0.05, 0) is 31.2 Å². The van der Waals surface area contributed by atoms with E-state index in [9.17, 15) is 9.59 Å². The molecule has 0 saturated carbocycles. The zero-order valence-electron chi connectivity index (χ0n) is 17.4. The number of aryl methyl sites for hydroxylation is 1. The van der Waals surface area contributed by atoms with Gasteiger partial charge in [0.2, 0.25) is 12.0 Å². The lowest BCUT2D eigenvalue weighted by molar-refractivity contribution is -0.134. The van der Waals surface area contributed by atoms with Crippen LogP contribution in [0.5, 0.6) is 17.2 Å². The molecule has 1 aliphatic heterocycles. The summed E-state index contributed by atoms with van der Waals surface area (Å²) in [5.41, 5.74) is 5.57. The van der Waals surface area contributed by atoms with Crippen molar-refractivity contribution in [1.29, 1.82) is 0 Å². The van der Waals surface area contributed by atoms with Gasteiger partial charge in [-0.1, -0.05) is 30.0 Å². The van der Waals surface area contributed by atoms with E-state index < -0.39 is 17.9 Å². The van der Waals surface area contributed by atoms with E-state index in [4.69, 9.17) is 14.2 Å². The number of para-hydroxylation sites is 2. The predicted octanol–water partition coefficient (Wildman–Crippen LogP) is 1.66. The van der Waals surface area contributed by atoms with Gasteiger partial charge in [0.05, 0.1) is 18.6 Å². The number of carbonyl (C=O) groups excluding carboxylic acids is 2. The van der Waals surface area contributed by atoms with E-state index in [1.165, 1.54) is 11.8 Å². The number of thioether (sulfide) groups is 1. The molecule has 0 radical (unpaired) electrons. The molecule has 1 aliphatic rings. The minimum Gasteiger partial charge on any atom is -0.497 e. The summed E-state index contributed by atoms with van der Waals surface area (Å²) in [4.78, 5) is 24.6. The van der Waals surface area contributed by atoms with Gasteiger partial charge in [-0.15, -0.1) is 10.2 Å². The molecule has 2 aromatic carbocycles. The zero-order chi connectivity index (χ0) is 22.5. The lowest BCUT2D eigenvalue weighted by atomic mass is 10.2. The summed E-state index contributed by atoms with van der Waals surface area (Å²) in [6, 6.07) is 14.5. The molecule has 0 unspecified atom stereocenters. The molecule has 10 nitrogen and oxygen atoms in total. The van der Waals surface area contributed by atoms with E-state index >= 15 is 0 Å². The molecule has 3 aromatic rings. The van der Waals surface area contributed by atoms with Crippen LogP contribution in [0.4, 0.5) is 0 Å². The maximum atomic E-state index is 12.3. The van der Waals surface area contributed by atoms with E-state index in [0.717, 1.165) is 5.69 Å². The van der Waals surface area contributed by atoms with Crippen molar-refractivity contribution in [3.05, 3.63) is 54.4 Å². The number of carbonyl (C=O) groups is 2. The monoisotopic (exact) mass is 455 g/mol. The number of benzene rings is 2. The largest absolute Gasteiger partial charge is 0.497 e. The van der Waals surface area contributed by atoms with Gasteiger partial charge >= 0.3 is 0 Å². The van der Waals surface area contributed by atoms with Crippen LogP contribution in [0.25, 0.3) is 5.69 Å². The number of hydrazine groups is 1. The summed E-state index contributed by atoms with van der Waals surface area (Å²) < 4.78 is 18.2. The van der Waals surface area contributed by atoms with Crippen LogP contribution >= 0.6 is 11.8 Å². The van der Waals surface area contributed by atoms with Crippen LogP contribution in [0.2, 0.25) is 0 Å². The quantitative estimate of drug-likeness (QED) is 0.426. The summed E-state index contributed by atoms with van der Waals surface area (Å²) in [5, 5.41) is 8.78. The third-order valence-corrected chi connectivity index (χ3v) is 5.49. The van der Waals surface area contributed by atoms with Crippen molar-refractivity contribution in [3.8, 4) is 22.9 Å². The van der Waals surface area contributed by atoms with Gasteiger partial charge in [0.1, 0.15) is 18.2 Å². The molecule has 11 heteroatoms. The van der Waals surface area contributed by atoms with Crippen molar-refractivity contribution in [2.75, 3.05) is 19.5 Å². The summed E-state index contributed by atoms with van der Waals surface area (Å²) in [6.07, 6.45) is -0.864. The molecule has 2 heterocycles. The van der Waals surface area contributed by atoms with Crippen molar-refractivity contribution < 1.29 is 23.8 Å². The average molecular weight is 455 g/mol. The number of rotatable bonds is 6. The second-order valence-corrected chi connectivity index (χ2v) is 7.70. The molecule has 1 atom stereocenters. The molecule has 4 rings (SSSR count). The second-order valence-electron chi connectivity index (χ2n) is 6.76.